The maximum Gasteiger partial charge on any atom is 0.247 e. The van der Waals surface area contributed by atoms with E-state index < -0.39 is 5.82 Å². The van der Waals surface area contributed by atoms with Gasteiger partial charge >= 0.3 is 0 Å². The van der Waals surface area contributed by atoms with Crippen molar-refractivity contribution in [1.29, 1.82) is 0 Å². The van der Waals surface area contributed by atoms with E-state index in [1.165, 1.54) is 24.5 Å². The summed E-state index contributed by atoms with van der Waals surface area (Å²) in [6.45, 7) is 9.86. The van der Waals surface area contributed by atoms with Gasteiger partial charge in [-0.25, -0.2) is 14.4 Å². The van der Waals surface area contributed by atoms with E-state index in [4.69, 9.17) is 11.6 Å². The summed E-state index contributed by atoms with van der Waals surface area (Å²) in [7, 11) is 4.26. The van der Waals surface area contributed by atoms with Crippen LogP contribution in [0.5, 0.6) is 0 Å². The Balaban J connectivity index is 1.75. The Bertz CT molecular complexity index is 1290. The molecule has 3 aromatic rings. The van der Waals surface area contributed by atoms with Gasteiger partial charge in [-0.1, -0.05) is 18.2 Å². The van der Waals surface area contributed by atoms with Crippen molar-refractivity contribution in [3.63, 3.8) is 0 Å². The molecule has 2 aromatic carbocycles. The Morgan fingerprint density at radius 1 is 1.22 bits per heavy atom. The van der Waals surface area contributed by atoms with Crippen LogP contribution in [0.4, 0.5) is 21.6 Å². The molecule has 1 aromatic heterocycles. The van der Waals surface area contributed by atoms with Crippen molar-refractivity contribution in [2.45, 2.75) is 38.3 Å². The minimum absolute atomic E-state index is 0.0133. The van der Waals surface area contributed by atoms with Crippen molar-refractivity contribution < 1.29 is 9.18 Å². The highest BCUT2D eigenvalue weighted by Crippen LogP contribution is 2.39. The first kappa shape index (κ1) is 26.0. The number of amides is 1. The lowest BCUT2D eigenvalue weighted by Crippen LogP contribution is -2.49. The van der Waals surface area contributed by atoms with E-state index in [-0.39, 0.29) is 16.5 Å². The number of nitrogens with zero attached hydrogens (tertiary/aromatic N) is 4. The highest BCUT2D eigenvalue weighted by Gasteiger charge is 2.35. The lowest BCUT2D eigenvalue weighted by atomic mass is 9.87. The molecule has 190 valence electrons. The average Bonchev–Trinajstić information content (AvgIpc) is 2.86. The second kappa shape index (κ2) is 10.5. The Labute approximate surface area is 216 Å². The Kier molecular flexibility index (Phi) is 7.59. The van der Waals surface area contributed by atoms with Crippen LogP contribution in [0.2, 0.25) is 5.02 Å². The molecular formula is C27H32ClFN6O. The van der Waals surface area contributed by atoms with Gasteiger partial charge < -0.3 is 15.5 Å². The van der Waals surface area contributed by atoms with Crippen LogP contribution in [0, 0.1) is 5.82 Å². The van der Waals surface area contributed by atoms with Crippen molar-refractivity contribution in [3.8, 4) is 0 Å². The number of hydrogen-bond acceptors (Lipinski definition) is 6. The topological polar surface area (TPSA) is 73.4 Å². The Morgan fingerprint density at radius 2 is 1.94 bits per heavy atom. The summed E-state index contributed by atoms with van der Waals surface area (Å²) in [6, 6.07) is 8.84. The molecule has 1 amide bonds. The zero-order valence-corrected chi connectivity index (χ0v) is 21.9. The van der Waals surface area contributed by atoms with E-state index in [2.05, 4.69) is 64.9 Å². The minimum Gasteiger partial charge on any atom is -0.340 e. The zero-order chi connectivity index (χ0) is 26.0. The standard InChI is InChI=1S/C27H32ClFN6O/c1-6-25(36)33-24-14-19-23(30-16-31-26(19)32-17-7-8-22(29)21(28)13-17)15-20(24)27(2,3)35-11-9-18(10-12-35)34(4)5/h6-8,13-16,18H,1,9-12H2,2-5H3,(H,33,36)(H,30,31,32). The smallest absolute Gasteiger partial charge is 0.247 e. The second-order valence-corrected chi connectivity index (χ2v) is 10.2. The first-order chi connectivity index (χ1) is 17.1. The number of anilines is 3. The fourth-order valence-electron chi connectivity index (χ4n) is 4.82. The lowest BCUT2D eigenvalue weighted by Gasteiger charge is -2.45. The molecule has 0 radical (unpaired) electrons. The van der Waals surface area contributed by atoms with Gasteiger partial charge in [-0.15, -0.1) is 0 Å². The van der Waals surface area contributed by atoms with E-state index in [0.29, 0.717) is 28.6 Å². The number of piperidine rings is 1. The summed E-state index contributed by atoms with van der Waals surface area (Å²) in [5.74, 6) is -0.270. The number of halogens is 2. The molecule has 4 rings (SSSR count). The summed E-state index contributed by atoms with van der Waals surface area (Å²) >= 11 is 5.96. The largest absolute Gasteiger partial charge is 0.340 e. The number of fused-ring (bicyclic) bond motifs is 1. The van der Waals surface area contributed by atoms with Gasteiger partial charge in [0.25, 0.3) is 0 Å². The molecule has 2 heterocycles. The molecule has 9 heteroatoms. The second-order valence-electron chi connectivity index (χ2n) is 9.83. The SMILES string of the molecule is C=CC(=O)Nc1cc2c(Nc3ccc(F)c(Cl)c3)ncnc2cc1C(C)(C)N1CCC(N(C)C)CC1. The van der Waals surface area contributed by atoms with E-state index in [1.54, 1.807) is 6.07 Å². The fourth-order valence-corrected chi connectivity index (χ4v) is 5.00. The molecule has 1 saturated heterocycles. The Morgan fingerprint density at radius 3 is 2.58 bits per heavy atom. The first-order valence-corrected chi connectivity index (χ1v) is 12.3. The van der Waals surface area contributed by atoms with Crippen LogP contribution in [0.3, 0.4) is 0 Å². The van der Waals surface area contributed by atoms with Crippen LogP contribution in [0.15, 0.2) is 49.3 Å². The fraction of sp³-hybridized carbons (Fsp3) is 0.370. The summed E-state index contributed by atoms with van der Waals surface area (Å²) in [4.78, 5) is 26.0. The predicted molar refractivity (Wildman–Crippen MR) is 144 cm³/mol. The van der Waals surface area contributed by atoms with Gasteiger partial charge in [0.1, 0.15) is 18.0 Å². The van der Waals surface area contributed by atoms with Gasteiger partial charge in [0, 0.05) is 41.4 Å². The van der Waals surface area contributed by atoms with Crippen LogP contribution in [-0.2, 0) is 10.3 Å². The summed E-state index contributed by atoms with van der Waals surface area (Å²) in [5.41, 5.74) is 2.58. The van der Waals surface area contributed by atoms with Crippen LogP contribution < -0.4 is 10.6 Å². The maximum absolute atomic E-state index is 13.6. The van der Waals surface area contributed by atoms with Gasteiger partial charge in [0.05, 0.1) is 10.5 Å². The lowest BCUT2D eigenvalue weighted by molar-refractivity contribution is -0.111. The van der Waals surface area contributed by atoms with Gasteiger partial charge in [-0.05, 0) is 82.8 Å². The van der Waals surface area contributed by atoms with Crippen molar-refractivity contribution in [3.05, 3.63) is 65.7 Å². The first-order valence-electron chi connectivity index (χ1n) is 12.0. The van der Waals surface area contributed by atoms with Gasteiger partial charge in [-0.3, -0.25) is 9.69 Å². The summed E-state index contributed by atoms with van der Waals surface area (Å²) < 4.78 is 13.6. The number of benzene rings is 2. The molecule has 0 saturated carbocycles. The molecule has 0 atom stereocenters. The molecular weight excluding hydrogens is 479 g/mol. The number of nitrogens with one attached hydrogen (secondary N) is 2. The zero-order valence-electron chi connectivity index (χ0n) is 21.1. The summed E-state index contributed by atoms with van der Waals surface area (Å²) in [6.07, 6.45) is 4.89. The van der Waals surface area contributed by atoms with Gasteiger partial charge in [0.2, 0.25) is 5.91 Å². The number of rotatable bonds is 7. The van der Waals surface area contributed by atoms with E-state index >= 15 is 0 Å². The third kappa shape index (κ3) is 5.36. The van der Waals surface area contributed by atoms with Crippen molar-refractivity contribution >= 4 is 45.6 Å². The van der Waals surface area contributed by atoms with E-state index in [0.717, 1.165) is 37.0 Å². The van der Waals surface area contributed by atoms with Crippen molar-refractivity contribution in [2.75, 3.05) is 37.8 Å². The van der Waals surface area contributed by atoms with E-state index in [1.807, 2.05) is 12.1 Å². The number of likely N-dealkylation sites (tertiary alicyclic amines) is 1. The molecule has 0 bridgehead atoms. The molecule has 0 spiro atoms. The van der Waals surface area contributed by atoms with Crippen LogP contribution in [0.1, 0.15) is 32.3 Å². The number of aromatic nitrogens is 2. The van der Waals surface area contributed by atoms with Gasteiger partial charge in [0.15, 0.2) is 0 Å². The highest BCUT2D eigenvalue weighted by atomic mass is 35.5. The molecule has 7 nitrogen and oxygen atoms in total. The highest BCUT2D eigenvalue weighted by molar-refractivity contribution is 6.31. The predicted octanol–water partition coefficient (Wildman–Crippen LogP) is 5.55. The van der Waals surface area contributed by atoms with Gasteiger partial charge in [-0.2, -0.15) is 0 Å². The molecule has 0 unspecified atom stereocenters. The quantitative estimate of drug-likeness (QED) is 0.406. The molecule has 36 heavy (non-hydrogen) atoms. The van der Waals surface area contributed by atoms with Crippen LogP contribution >= 0.6 is 11.6 Å². The van der Waals surface area contributed by atoms with Crippen LogP contribution in [-0.4, -0.2) is 58.9 Å². The molecule has 0 aliphatic carbocycles. The summed E-state index contributed by atoms with van der Waals surface area (Å²) in [5, 5.41) is 6.91. The third-order valence-corrected chi connectivity index (χ3v) is 7.33. The molecule has 1 aliphatic rings. The normalized spacial score (nSPS) is 15.3. The number of hydrogen-bond donors (Lipinski definition) is 2. The monoisotopic (exact) mass is 510 g/mol. The molecule has 1 fully saturated rings. The van der Waals surface area contributed by atoms with Crippen molar-refractivity contribution in [2.24, 2.45) is 0 Å². The molecule has 1 aliphatic heterocycles. The maximum atomic E-state index is 13.6. The average molecular weight is 511 g/mol. The number of carbonyl (C=O) groups is 1. The van der Waals surface area contributed by atoms with Crippen LogP contribution in [0.25, 0.3) is 10.9 Å². The van der Waals surface area contributed by atoms with Crippen molar-refractivity contribution in [1.82, 2.24) is 19.8 Å². The third-order valence-electron chi connectivity index (χ3n) is 7.04. The number of carbonyl (C=O) groups excluding carboxylic acids is 1. The van der Waals surface area contributed by atoms with E-state index in [9.17, 15) is 9.18 Å². The minimum atomic E-state index is -0.495. The molecule has 2 N–H and O–H groups in total. The Hall–Kier alpha value is -3.07.